The van der Waals surface area contributed by atoms with Gasteiger partial charge in [-0.25, -0.2) is 9.37 Å². The summed E-state index contributed by atoms with van der Waals surface area (Å²) < 4.78 is 19.8. The Morgan fingerprint density at radius 1 is 1.12 bits per heavy atom. The van der Waals surface area contributed by atoms with Crippen molar-refractivity contribution in [3.05, 3.63) is 76.9 Å². The Morgan fingerprint density at radius 2 is 2.00 bits per heavy atom. The maximum absolute atomic E-state index is 13.3. The fraction of sp³-hybridized carbons (Fsp3) is 0.0588. The van der Waals surface area contributed by atoms with Crippen LogP contribution in [0, 0.1) is 5.82 Å². The summed E-state index contributed by atoms with van der Waals surface area (Å²) in [6.07, 6.45) is 1.45. The van der Waals surface area contributed by atoms with E-state index >= 15 is 0 Å². The molecule has 0 atom stereocenters. The molecule has 0 aliphatic carbocycles. The average molecular weight is 322 g/mol. The van der Waals surface area contributed by atoms with Crippen molar-refractivity contribution in [2.45, 2.75) is 6.54 Å². The van der Waals surface area contributed by atoms with Crippen LogP contribution in [0.3, 0.4) is 0 Å². The first-order valence-electron chi connectivity index (χ1n) is 7.23. The van der Waals surface area contributed by atoms with Crippen molar-refractivity contribution in [3.63, 3.8) is 0 Å². The molecule has 0 saturated heterocycles. The summed E-state index contributed by atoms with van der Waals surface area (Å²) in [5.74, 6) is 0.127. The topological polar surface area (TPSA) is 73.8 Å². The summed E-state index contributed by atoms with van der Waals surface area (Å²) in [7, 11) is 0. The predicted octanol–water partition coefficient (Wildman–Crippen LogP) is 2.63. The van der Waals surface area contributed by atoms with Gasteiger partial charge in [0, 0.05) is 5.56 Å². The molecule has 0 aliphatic rings. The molecule has 0 fully saturated rings. The number of aromatic nitrogens is 4. The van der Waals surface area contributed by atoms with Gasteiger partial charge in [-0.05, 0) is 30.3 Å². The van der Waals surface area contributed by atoms with Crippen LogP contribution in [0.2, 0.25) is 0 Å². The third-order valence-electron chi connectivity index (χ3n) is 3.58. The molecule has 0 aliphatic heterocycles. The number of hydrogen-bond acceptors (Lipinski definition) is 5. The maximum Gasteiger partial charge on any atom is 0.261 e. The van der Waals surface area contributed by atoms with Crippen molar-refractivity contribution in [1.82, 2.24) is 19.7 Å². The zero-order valence-electron chi connectivity index (χ0n) is 12.4. The second-order valence-corrected chi connectivity index (χ2v) is 5.22. The van der Waals surface area contributed by atoms with Crippen LogP contribution in [0.25, 0.3) is 22.4 Å². The largest absolute Gasteiger partial charge is 0.334 e. The number of hydrogen-bond donors (Lipinski definition) is 0. The Balaban J connectivity index is 1.67. The van der Waals surface area contributed by atoms with E-state index in [-0.39, 0.29) is 23.8 Å². The second kappa shape index (κ2) is 5.69. The molecule has 6 nitrogen and oxygen atoms in total. The molecule has 2 aromatic heterocycles. The van der Waals surface area contributed by atoms with E-state index in [1.807, 2.05) is 6.07 Å². The van der Waals surface area contributed by atoms with E-state index in [1.54, 1.807) is 30.3 Å². The van der Waals surface area contributed by atoms with Crippen LogP contribution in [0.5, 0.6) is 0 Å². The van der Waals surface area contributed by atoms with Crippen LogP contribution in [0.1, 0.15) is 5.82 Å². The summed E-state index contributed by atoms with van der Waals surface area (Å²) in [4.78, 5) is 20.9. The molecule has 0 saturated carbocycles. The standard InChI is InChI=1S/C17H11FN4O2/c18-12-5-3-4-11(8-12)16-20-15(21-24-16)9-22-10-19-14-7-2-1-6-13(14)17(22)23/h1-8,10H,9H2. The van der Waals surface area contributed by atoms with E-state index < -0.39 is 0 Å². The molecule has 0 spiro atoms. The molecule has 0 bridgehead atoms. The highest BCUT2D eigenvalue weighted by atomic mass is 19.1. The van der Waals surface area contributed by atoms with Gasteiger partial charge < -0.3 is 4.52 Å². The first kappa shape index (κ1) is 14.3. The van der Waals surface area contributed by atoms with Crippen LogP contribution >= 0.6 is 0 Å². The minimum atomic E-state index is -0.387. The van der Waals surface area contributed by atoms with Crippen molar-refractivity contribution in [2.75, 3.05) is 0 Å². The highest BCUT2D eigenvalue weighted by Gasteiger charge is 2.11. The van der Waals surface area contributed by atoms with Crippen molar-refractivity contribution >= 4 is 10.9 Å². The van der Waals surface area contributed by atoms with Crippen LogP contribution < -0.4 is 5.56 Å². The van der Waals surface area contributed by atoms with E-state index in [4.69, 9.17) is 4.52 Å². The molecule has 0 N–H and O–H groups in total. The number of fused-ring (bicyclic) bond motifs is 1. The van der Waals surface area contributed by atoms with Gasteiger partial charge in [-0.1, -0.05) is 23.4 Å². The van der Waals surface area contributed by atoms with Crippen LogP contribution in [0.15, 0.2) is 64.2 Å². The van der Waals surface area contributed by atoms with E-state index in [2.05, 4.69) is 15.1 Å². The molecule has 2 aromatic carbocycles. The maximum atomic E-state index is 13.3. The summed E-state index contributed by atoms with van der Waals surface area (Å²) in [5.41, 5.74) is 0.933. The summed E-state index contributed by atoms with van der Waals surface area (Å²) >= 11 is 0. The first-order valence-corrected chi connectivity index (χ1v) is 7.23. The minimum absolute atomic E-state index is 0.121. The molecule has 7 heteroatoms. The van der Waals surface area contributed by atoms with Crippen molar-refractivity contribution < 1.29 is 8.91 Å². The highest BCUT2D eigenvalue weighted by Crippen LogP contribution is 2.18. The normalized spacial score (nSPS) is 11.0. The third kappa shape index (κ3) is 2.56. The van der Waals surface area contributed by atoms with Gasteiger partial charge in [0.2, 0.25) is 0 Å². The predicted molar refractivity (Wildman–Crippen MR) is 84.8 cm³/mol. The number of benzene rings is 2. The zero-order chi connectivity index (χ0) is 16.5. The SMILES string of the molecule is O=c1c2ccccc2ncn1Cc1noc(-c2cccc(F)c2)n1. The first-order chi connectivity index (χ1) is 11.7. The lowest BCUT2D eigenvalue weighted by molar-refractivity contribution is 0.419. The number of rotatable bonds is 3. The number of para-hydroxylation sites is 1. The Labute approximate surface area is 135 Å². The minimum Gasteiger partial charge on any atom is -0.334 e. The lowest BCUT2D eigenvalue weighted by Gasteiger charge is -2.03. The number of halogens is 1. The fourth-order valence-corrected chi connectivity index (χ4v) is 2.43. The van der Waals surface area contributed by atoms with Gasteiger partial charge in [0.15, 0.2) is 5.82 Å². The Bertz CT molecular complexity index is 1090. The van der Waals surface area contributed by atoms with Gasteiger partial charge in [-0.3, -0.25) is 9.36 Å². The van der Waals surface area contributed by atoms with Crippen LogP contribution in [0.4, 0.5) is 4.39 Å². The molecule has 0 amide bonds. The van der Waals surface area contributed by atoms with Gasteiger partial charge in [0.25, 0.3) is 11.4 Å². The van der Waals surface area contributed by atoms with Crippen molar-refractivity contribution in [1.29, 1.82) is 0 Å². The molecular weight excluding hydrogens is 311 g/mol. The number of nitrogens with zero attached hydrogens (tertiary/aromatic N) is 4. The Hall–Kier alpha value is -3.35. The lowest BCUT2D eigenvalue weighted by Crippen LogP contribution is -2.21. The summed E-state index contributed by atoms with van der Waals surface area (Å²) in [6, 6.07) is 13.0. The fourth-order valence-electron chi connectivity index (χ4n) is 2.43. The Kier molecular flexibility index (Phi) is 3.38. The van der Waals surface area contributed by atoms with Gasteiger partial charge in [-0.2, -0.15) is 4.98 Å². The van der Waals surface area contributed by atoms with Gasteiger partial charge in [0.05, 0.1) is 23.8 Å². The van der Waals surface area contributed by atoms with E-state index in [0.29, 0.717) is 22.3 Å². The van der Waals surface area contributed by atoms with Crippen molar-refractivity contribution in [2.24, 2.45) is 0 Å². The third-order valence-corrected chi connectivity index (χ3v) is 3.58. The molecule has 0 unspecified atom stereocenters. The van der Waals surface area contributed by atoms with Crippen molar-refractivity contribution in [3.8, 4) is 11.5 Å². The van der Waals surface area contributed by atoms with Crippen LogP contribution in [-0.2, 0) is 6.54 Å². The molecule has 4 rings (SSSR count). The van der Waals surface area contributed by atoms with Crippen LogP contribution in [-0.4, -0.2) is 19.7 Å². The average Bonchev–Trinajstić information content (AvgIpc) is 3.06. The summed E-state index contributed by atoms with van der Waals surface area (Å²) in [6.45, 7) is 0.121. The summed E-state index contributed by atoms with van der Waals surface area (Å²) in [5, 5.41) is 4.36. The zero-order valence-corrected chi connectivity index (χ0v) is 12.4. The molecule has 24 heavy (non-hydrogen) atoms. The van der Waals surface area contributed by atoms with E-state index in [1.165, 1.54) is 23.0 Å². The van der Waals surface area contributed by atoms with Gasteiger partial charge in [0.1, 0.15) is 5.82 Å². The Morgan fingerprint density at radius 3 is 2.88 bits per heavy atom. The van der Waals surface area contributed by atoms with Gasteiger partial charge in [-0.15, -0.1) is 0 Å². The highest BCUT2D eigenvalue weighted by molar-refractivity contribution is 5.76. The lowest BCUT2D eigenvalue weighted by atomic mass is 10.2. The van der Waals surface area contributed by atoms with E-state index in [0.717, 1.165) is 0 Å². The van der Waals surface area contributed by atoms with Gasteiger partial charge >= 0.3 is 0 Å². The molecule has 0 radical (unpaired) electrons. The quantitative estimate of drug-likeness (QED) is 0.580. The molecule has 118 valence electrons. The monoisotopic (exact) mass is 322 g/mol. The molecule has 4 aromatic rings. The molecule has 2 heterocycles. The van der Waals surface area contributed by atoms with E-state index in [9.17, 15) is 9.18 Å². The molecular formula is C17H11FN4O2. The smallest absolute Gasteiger partial charge is 0.261 e. The second-order valence-electron chi connectivity index (χ2n) is 5.22.